The highest BCUT2D eigenvalue weighted by Crippen LogP contribution is 2.15. The molecule has 0 spiro atoms. The molecule has 0 atom stereocenters. The molecule has 0 aromatic heterocycles. The number of hydrogen-bond donors (Lipinski definition) is 0. The van der Waals surface area contributed by atoms with E-state index in [2.05, 4.69) is 96.8 Å². The predicted octanol–water partition coefficient (Wildman–Crippen LogP) is 8.29. The van der Waals surface area contributed by atoms with E-state index in [0.29, 0.717) is 0 Å². The van der Waals surface area contributed by atoms with E-state index in [4.69, 9.17) is 23.2 Å². The fourth-order valence-electron chi connectivity index (χ4n) is 3.40. The van der Waals surface area contributed by atoms with Gasteiger partial charge in [-0.3, -0.25) is 4.90 Å². The summed E-state index contributed by atoms with van der Waals surface area (Å²) in [5.41, 5.74) is 5.29. The Kier molecular flexibility index (Phi) is 9.84. The van der Waals surface area contributed by atoms with Crippen molar-refractivity contribution in [1.29, 1.82) is 0 Å². The van der Waals surface area contributed by atoms with Crippen LogP contribution in [0.1, 0.15) is 29.2 Å². The van der Waals surface area contributed by atoms with Crippen LogP contribution in [-0.2, 0) is 19.5 Å². The van der Waals surface area contributed by atoms with Crippen LogP contribution >= 0.6 is 23.2 Å². The number of halogens is 2. The Labute approximate surface area is 202 Å². The fourth-order valence-corrected chi connectivity index (χ4v) is 3.65. The Balaban J connectivity index is 0.000000193. The summed E-state index contributed by atoms with van der Waals surface area (Å²) >= 11 is 11.8. The molecular formula is C29H29Cl2N. The van der Waals surface area contributed by atoms with Crippen molar-refractivity contribution >= 4 is 23.2 Å². The lowest BCUT2D eigenvalue weighted by Gasteiger charge is -2.20. The summed E-state index contributed by atoms with van der Waals surface area (Å²) in [5, 5.41) is 1.56. The lowest BCUT2D eigenvalue weighted by Crippen LogP contribution is -2.22. The first-order valence-electron chi connectivity index (χ1n) is 10.9. The van der Waals surface area contributed by atoms with Gasteiger partial charge in [-0.2, -0.15) is 0 Å². The highest BCUT2D eigenvalue weighted by molar-refractivity contribution is 6.30. The minimum atomic E-state index is 0.782. The quantitative estimate of drug-likeness (QED) is 0.267. The Morgan fingerprint density at radius 3 is 1.22 bits per heavy atom. The van der Waals surface area contributed by atoms with Gasteiger partial charge < -0.3 is 0 Å². The van der Waals surface area contributed by atoms with Crippen LogP contribution in [-0.4, -0.2) is 11.4 Å². The van der Waals surface area contributed by atoms with Crippen molar-refractivity contribution in [2.24, 2.45) is 0 Å². The molecule has 0 saturated heterocycles. The van der Waals surface area contributed by atoms with E-state index in [1.54, 1.807) is 0 Å². The van der Waals surface area contributed by atoms with Crippen LogP contribution in [0, 0.1) is 0 Å². The normalized spacial score (nSPS) is 10.5. The summed E-state index contributed by atoms with van der Waals surface area (Å²) in [5.74, 6) is 0. The van der Waals surface area contributed by atoms with Gasteiger partial charge in [0.25, 0.3) is 0 Å². The average molecular weight is 462 g/mol. The lowest BCUT2D eigenvalue weighted by molar-refractivity contribution is 0.271. The summed E-state index contributed by atoms with van der Waals surface area (Å²) in [6, 6.07) is 37.1. The largest absolute Gasteiger partial charge is 0.295 e. The van der Waals surface area contributed by atoms with Crippen LogP contribution in [0.25, 0.3) is 0 Å². The van der Waals surface area contributed by atoms with Gasteiger partial charge in [-0.1, -0.05) is 115 Å². The number of nitrogens with zero attached hydrogens (tertiary/aromatic N) is 1. The standard InChI is InChI=1S/C16H17Cl2N.C13H12/c1-2-19(11-13-3-7-15(17)8-4-13)12-14-5-9-16(18)10-6-14;1-3-7-12(8-4-1)11-13-9-5-2-6-10-13/h3-10H,2,11-12H2,1H3;1-10H,11H2. The Bertz CT molecular complexity index is 945. The zero-order chi connectivity index (χ0) is 22.6. The van der Waals surface area contributed by atoms with E-state index < -0.39 is 0 Å². The van der Waals surface area contributed by atoms with Gasteiger partial charge in [-0.15, -0.1) is 0 Å². The molecule has 4 aromatic rings. The molecule has 0 radical (unpaired) electrons. The molecule has 3 heteroatoms. The SMILES string of the molecule is CCN(Cc1ccc(Cl)cc1)Cc1ccc(Cl)cc1.c1ccc(Cc2ccccc2)cc1. The number of benzene rings is 4. The highest BCUT2D eigenvalue weighted by atomic mass is 35.5. The molecular weight excluding hydrogens is 433 g/mol. The summed E-state index contributed by atoms with van der Waals surface area (Å²) in [6.45, 7) is 5.03. The summed E-state index contributed by atoms with van der Waals surface area (Å²) in [7, 11) is 0. The molecule has 0 saturated carbocycles. The smallest absolute Gasteiger partial charge is 0.0406 e. The van der Waals surface area contributed by atoms with Crippen molar-refractivity contribution in [3.05, 3.63) is 141 Å². The van der Waals surface area contributed by atoms with Crippen molar-refractivity contribution in [2.45, 2.75) is 26.4 Å². The maximum Gasteiger partial charge on any atom is 0.0406 e. The molecule has 164 valence electrons. The van der Waals surface area contributed by atoms with E-state index in [1.165, 1.54) is 22.3 Å². The van der Waals surface area contributed by atoms with Gasteiger partial charge in [-0.05, 0) is 59.5 Å². The van der Waals surface area contributed by atoms with Crippen molar-refractivity contribution in [3.8, 4) is 0 Å². The van der Waals surface area contributed by atoms with Crippen molar-refractivity contribution in [1.82, 2.24) is 4.90 Å². The van der Waals surface area contributed by atoms with Gasteiger partial charge in [0.2, 0.25) is 0 Å². The molecule has 0 N–H and O–H groups in total. The molecule has 0 unspecified atom stereocenters. The predicted molar refractivity (Wildman–Crippen MR) is 138 cm³/mol. The third-order valence-corrected chi connectivity index (χ3v) is 5.68. The third-order valence-electron chi connectivity index (χ3n) is 5.18. The zero-order valence-electron chi connectivity index (χ0n) is 18.4. The second-order valence-corrected chi connectivity index (χ2v) is 8.58. The molecule has 0 amide bonds. The minimum absolute atomic E-state index is 0.782. The van der Waals surface area contributed by atoms with Crippen LogP contribution in [0.4, 0.5) is 0 Å². The summed E-state index contributed by atoms with van der Waals surface area (Å²) < 4.78 is 0. The second-order valence-electron chi connectivity index (χ2n) is 7.70. The first-order valence-corrected chi connectivity index (χ1v) is 11.7. The minimum Gasteiger partial charge on any atom is -0.295 e. The van der Waals surface area contributed by atoms with Crippen molar-refractivity contribution in [2.75, 3.05) is 6.54 Å². The van der Waals surface area contributed by atoms with Gasteiger partial charge >= 0.3 is 0 Å². The van der Waals surface area contributed by atoms with Crippen LogP contribution < -0.4 is 0 Å². The zero-order valence-corrected chi connectivity index (χ0v) is 19.9. The number of hydrogen-bond acceptors (Lipinski definition) is 1. The van der Waals surface area contributed by atoms with Gasteiger partial charge in [0.05, 0.1) is 0 Å². The van der Waals surface area contributed by atoms with Crippen molar-refractivity contribution in [3.63, 3.8) is 0 Å². The molecule has 0 fully saturated rings. The van der Waals surface area contributed by atoms with E-state index in [-0.39, 0.29) is 0 Å². The summed E-state index contributed by atoms with van der Waals surface area (Å²) in [4.78, 5) is 2.38. The fraction of sp³-hybridized carbons (Fsp3) is 0.172. The molecule has 0 bridgehead atoms. The Morgan fingerprint density at radius 1 is 0.500 bits per heavy atom. The van der Waals surface area contributed by atoms with E-state index >= 15 is 0 Å². The first-order chi connectivity index (χ1) is 15.6. The second kappa shape index (κ2) is 13.1. The molecule has 0 heterocycles. The van der Waals surface area contributed by atoms with Crippen LogP contribution in [0.2, 0.25) is 10.0 Å². The van der Waals surface area contributed by atoms with Gasteiger partial charge in [-0.25, -0.2) is 0 Å². The highest BCUT2D eigenvalue weighted by Gasteiger charge is 2.05. The molecule has 4 aromatic carbocycles. The van der Waals surface area contributed by atoms with Gasteiger partial charge in [0, 0.05) is 23.1 Å². The monoisotopic (exact) mass is 461 g/mol. The van der Waals surface area contributed by atoms with Crippen molar-refractivity contribution < 1.29 is 0 Å². The molecule has 4 rings (SSSR count). The Morgan fingerprint density at radius 2 is 0.875 bits per heavy atom. The number of rotatable bonds is 7. The third kappa shape index (κ3) is 8.51. The molecule has 0 aliphatic rings. The van der Waals surface area contributed by atoms with E-state index in [9.17, 15) is 0 Å². The van der Waals surface area contributed by atoms with Crippen LogP contribution in [0.15, 0.2) is 109 Å². The molecule has 0 aliphatic heterocycles. The topological polar surface area (TPSA) is 3.24 Å². The summed E-state index contributed by atoms with van der Waals surface area (Å²) in [6.07, 6.45) is 1.03. The molecule has 1 nitrogen and oxygen atoms in total. The first kappa shape index (κ1) is 24.1. The van der Waals surface area contributed by atoms with Gasteiger partial charge in [0.15, 0.2) is 0 Å². The van der Waals surface area contributed by atoms with Crippen LogP contribution in [0.3, 0.4) is 0 Å². The molecule has 32 heavy (non-hydrogen) atoms. The lowest BCUT2D eigenvalue weighted by atomic mass is 10.1. The van der Waals surface area contributed by atoms with E-state index in [0.717, 1.165) is 36.1 Å². The van der Waals surface area contributed by atoms with Crippen LogP contribution in [0.5, 0.6) is 0 Å². The van der Waals surface area contributed by atoms with Gasteiger partial charge in [0.1, 0.15) is 0 Å². The maximum absolute atomic E-state index is 5.90. The molecule has 0 aliphatic carbocycles. The van der Waals surface area contributed by atoms with E-state index in [1.807, 2.05) is 24.3 Å². The Hall–Kier alpha value is -2.58. The average Bonchev–Trinajstić information content (AvgIpc) is 2.83. The maximum atomic E-state index is 5.90.